The Balaban J connectivity index is 1.85. The average molecular weight is 273 g/mol. The van der Waals surface area contributed by atoms with Crippen molar-refractivity contribution in [3.05, 3.63) is 47.7 Å². The van der Waals surface area contributed by atoms with Crippen LogP contribution in [0.4, 0.5) is 0 Å². The Labute approximate surface area is 118 Å². The van der Waals surface area contributed by atoms with Crippen LogP contribution in [0.5, 0.6) is 0 Å². The molecular formula is C16H19NOS. The third kappa shape index (κ3) is 2.57. The van der Waals surface area contributed by atoms with Crippen LogP contribution < -0.4 is 0 Å². The molecule has 0 amide bonds. The lowest BCUT2D eigenvalue weighted by Gasteiger charge is -2.33. The minimum absolute atomic E-state index is 0.0945. The van der Waals surface area contributed by atoms with Crippen LogP contribution in [0.2, 0.25) is 0 Å². The maximum absolute atomic E-state index is 11.9. The first kappa shape index (κ1) is 12.8. The van der Waals surface area contributed by atoms with Crippen LogP contribution in [0.15, 0.2) is 42.1 Å². The summed E-state index contributed by atoms with van der Waals surface area (Å²) in [6.45, 7) is 4.41. The van der Waals surface area contributed by atoms with Gasteiger partial charge in [0.1, 0.15) is 0 Å². The largest absolute Gasteiger partial charge is 0.374 e. The highest BCUT2D eigenvalue weighted by Gasteiger charge is 2.41. The van der Waals surface area contributed by atoms with Crippen LogP contribution in [-0.4, -0.2) is 27.9 Å². The van der Waals surface area contributed by atoms with Crippen molar-refractivity contribution in [1.82, 2.24) is 4.90 Å². The molecule has 2 nitrogen and oxygen atoms in total. The second kappa shape index (κ2) is 5.04. The van der Waals surface area contributed by atoms with Crippen molar-refractivity contribution in [3.63, 3.8) is 0 Å². The number of rotatable bonds is 3. The van der Waals surface area contributed by atoms with E-state index in [-0.39, 0.29) is 9.86 Å². The number of hydrogen-bond acceptors (Lipinski definition) is 3. The monoisotopic (exact) mass is 273 g/mol. The minimum Gasteiger partial charge on any atom is -0.374 e. The molecule has 1 atom stereocenters. The van der Waals surface area contributed by atoms with Crippen LogP contribution in [0.3, 0.4) is 0 Å². The Morgan fingerprint density at radius 2 is 1.89 bits per heavy atom. The van der Waals surface area contributed by atoms with E-state index in [2.05, 4.69) is 36.1 Å². The molecule has 0 radical (unpaired) electrons. The van der Waals surface area contributed by atoms with Gasteiger partial charge in [0.05, 0.1) is 4.75 Å². The average Bonchev–Trinajstić information content (AvgIpc) is 2.98. The van der Waals surface area contributed by atoms with E-state index in [1.807, 2.05) is 12.1 Å². The summed E-state index contributed by atoms with van der Waals surface area (Å²) >= 11 is 1.48. The second-order valence-electron chi connectivity index (χ2n) is 5.54. The molecule has 2 aliphatic heterocycles. The van der Waals surface area contributed by atoms with E-state index < -0.39 is 0 Å². The van der Waals surface area contributed by atoms with E-state index in [1.165, 1.54) is 35.9 Å². The number of nitrogens with zero attached hydrogens (tertiary/aromatic N) is 1. The molecule has 0 N–H and O–H groups in total. The fourth-order valence-corrected chi connectivity index (χ4v) is 4.21. The van der Waals surface area contributed by atoms with Gasteiger partial charge in [-0.1, -0.05) is 42.1 Å². The highest BCUT2D eigenvalue weighted by Crippen LogP contribution is 2.44. The van der Waals surface area contributed by atoms with Crippen LogP contribution in [0.1, 0.15) is 25.3 Å². The van der Waals surface area contributed by atoms with Gasteiger partial charge in [0.25, 0.3) is 0 Å². The summed E-state index contributed by atoms with van der Waals surface area (Å²) in [5.41, 5.74) is 2.54. The van der Waals surface area contributed by atoms with Crippen LogP contribution in [0, 0.1) is 0 Å². The predicted octanol–water partition coefficient (Wildman–Crippen LogP) is 3.24. The van der Waals surface area contributed by atoms with Gasteiger partial charge in [0.2, 0.25) is 5.12 Å². The zero-order valence-corrected chi connectivity index (χ0v) is 12.1. The highest BCUT2D eigenvalue weighted by atomic mass is 32.2. The SMILES string of the molecule is CC1(Cc2ccccc2)SC(=O)C=C1N1CCCC1. The maximum Gasteiger partial charge on any atom is 0.214 e. The summed E-state index contributed by atoms with van der Waals surface area (Å²) < 4.78 is -0.0945. The van der Waals surface area contributed by atoms with Crippen LogP contribution in [-0.2, 0) is 11.2 Å². The smallest absolute Gasteiger partial charge is 0.214 e. The molecule has 1 aromatic rings. The zero-order valence-electron chi connectivity index (χ0n) is 11.3. The van der Waals surface area contributed by atoms with E-state index in [1.54, 1.807) is 0 Å². The van der Waals surface area contributed by atoms with E-state index >= 15 is 0 Å². The second-order valence-corrected chi connectivity index (χ2v) is 7.05. The molecule has 1 fully saturated rings. The number of likely N-dealkylation sites (tertiary alicyclic amines) is 1. The van der Waals surface area contributed by atoms with E-state index in [4.69, 9.17) is 0 Å². The van der Waals surface area contributed by atoms with E-state index in [9.17, 15) is 4.79 Å². The van der Waals surface area contributed by atoms with Gasteiger partial charge >= 0.3 is 0 Å². The van der Waals surface area contributed by atoms with E-state index in [0.717, 1.165) is 19.5 Å². The molecule has 0 aromatic heterocycles. The lowest BCUT2D eigenvalue weighted by atomic mass is 9.96. The molecule has 1 aromatic carbocycles. The number of carbonyl (C=O) groups excluding carboxylic acids is 1. The minimum atomic E-state index is -0.0945. The number of carbonyl (C=O) groups is 1. The molecule has 1 unspecified atom stereocenters. The van der Waals surface area contributed by atoms with Gasteiger partial charge in [-0.2, -0.15) is 0 Å². The zero-order chi connectivity index (χ0) is 13.3. The van der Waals surface area contributed by atoms with Gasteiger partial charge in [0, 0.05) is 24.9 Å². The quantitative estimate of drug-likeness (QED) is 0.843. The van der Waals surface area contributed by atoms with Crippen LogP contribution >= 0.6 is 11.8 Å². The molecular weight excluding hydrogens is 254 g/mol. The summed E-state index contributed by atoms with van der Waals surface area (Å²) in [5, 5.41) is 0.209. The molecule has 19 heavy (non-hydrogen) atoms. The Bertz CT molecular complexity index is 505. The lowest BCUT2D eigenvalue weighted by Crippen LogP contribution is -2.34. The van der Waals surface area contributed by atoms with Gasteiger partial charge in [-0.25, -0.2) is 0 Å². The van der Waals surface area contributed by atoms with Crippen molar-refractivity contribution in [2.75, 3.05) is 13.1 Å². The summed E-state index contributed by atoms with van der Waals surface area (Å²) in [5.74, 6) is 0. The molecule has 0 aliphatic carbocycles. The van der Waals surface area contributed by atoms with Gasteiger partial charge in [-0.15, -0.1) is 0 Å². The Kier molecular flexibility index (Phi) is 3.40. The standard InChI is InChI=1S/C16H19NOS/c1-16(12-13-7-3-2-4-8-13)14(11-15(18)19-16)17-9-5-6-10-17/h2-4,7-8,11H,5-6,9-10,12H2,1H3. The fraction of sp³-hybridized carbons (Fsp3) is 0.438. The van der Waals surface area contributed by atoms with Crippen molar-refractivity contribution in [2.45, 2.75) is 30.9 Å². The van der Waals surface area contributed by atoms with Gasteiger partial charge in [0.15, 0.2) is 0 Å². The molecule has 3 heteroatoms. The van der Waals surface area contributed by atoms with Gasteiger partial charge in [-0.3, -0.25) is 4.79 Å². The molecule has 1 saturated heterocycles. The van der Waals surface area contributed by atoms with Crippen LogP contribution in [0.25, 0.3) is 0 Å². The normalized spacial score (nSPS) is 26.9. The first-order valence-corrected chi connectivity index (χ1v) is 7.73. The molecule has 2 aliphatic rings. The topological polar surface area (TPSA) is 20.3 Å². The molecule has 3 rings (SSSR count). The molecule has 0 spiro atoms. The van der Waals surface area contributed by atoms with Crippen molar-refractivity contribution in [1.29, 1.82) is 0 Å². The predicted molar refractivity (Wildman–Crippen MR) is 80.0 cm³/mol. The summed E-state index contributed by atoms with van der Waals surface area (Å²) in [4.78, 5) is 14.3. The first-order chi connectivity index (χ1) is 9.17. The van der Waals surface area contributed by atoms with Gasteiger partial charge < -0.3 is 4.90 Å². The third-order valence-corrected chi connectivity index (χ3v) is 5.08. The molecule has 0 saturated carbocycles. The molecule has 100 valence electrons. The fourth-order valence-electron chi connectivity index (χ4n) is 3.06. The Hall–Kier alpha value is -1.22. The number of hydrogen-bond donors (Lipinski definition) is 0. The Morgan fingerprint density at radius 3 is 2.58 bits per heavy atom. The van der Waals surface area contributed by atoms with Gasteiger partial charge in [-0.05, 0) is 31.7 Å². The number of thioether (sulfide) groups is 1. The maximum atomic E-state index is 11.9. The first-order valence-electron chi connectivity index (χ1n) is 6.91. The summed E-state index contributed by atoms with van der Waals surface area (Å²) in [6, 6.07) is 10.5. The van der Waals surface area contributed by atoms with Crippen molar-refractivity contribution < 1.29 is 4.79 Å². The third-order valence-electron chi connectivity index (χ3n) is 3.95. The summed E-state index contributed by atoms with van der Waals surface area (Å²) in [6.07, 6.45) is 5.28. The molecule has 2 heterocycles. The van der Waals surface area contributed by atoms with Crippen molar-refractivity contribution in [2.24, 2.45) is 0 Å². The highest BCUT2D eigenvalue weighted by molar-refractivity contribution is 8.15. The number of benzene rings is 1. The van der Waals surface area contributed by atoms with E-state index in [0.29, 0.717) is 0 Å². The lowest BCUT2D eigenvalue weighted by molar-refractivity contribution is -0.106. The van der Waals surface area contributed by atoms with Crippen molar-refractivity contribution >= 4 is 16.9 Å². The van der Waals surface area contributed by atoms with Crippen molar-refractivity contribution in [3.8, 4) is 0 Å². The summed E-state index contributed by atoms with van der Waals surface area (Å²) in [7, 11) is 0. The molecule has 0 bridgehead atoms. The Morgan fingerprint density at radius 1 is 1.21 bits per heavy atom.